The minimum Gasteiger partial charge on any atom is -0.506 e. The molecular weight excluding hydrogens is 258 g/mol. The van der Waals surface area contributed by atoms with Gasteiger partial charge in [0, 0.05) is 0 Å². The van der Waals surface area contributed by atoms with Crippen molar-refractivity contribution in [3.05, 3.63) is 27.2 Å². The van der Waals surface area contributed by atoms with Crippen molar-refractivity contribution in [1.29, 1.82) is 0 Å². The molecule has 0 saturated carbocycles. The molecule has 1 amide bonds. The highest BCUT2D eigenvalue weighted by Gasteiger charge is 2.22. The van der Waals surface area contributed by atoms with Crippen LogP contribution in [-0.2, 0) is 12.8 Å². The standard InChI is InChI=1S/C11H12BrNO2/c12-8-5-6-3-1-2-4-7(6)9(10(8)14)11(13)15/h5,14H,1-4H2,(H2,13,15). The predicted molar refractivity (Wildman–Crippen MR) is 61.0 cm³/mol. The maximum atomic E-state index is 11.3. The lowest BCUT2D eigenvalue weighted by Gasteiger charge is -2.19. The van der Waals surface area contributed by atoms with Crippen molar-refractivity contribution in [2.24, 2.45) is 5.73 Å². The van der Waals surface area contributed by atoms with Crippen LogP contribution in [0.15, 0.2) is 10.5 Å². The van der Waals surface area contributed by atoms with Gasteiger partial charge in [0.2, 0.25) is 0 Å². The normalized spacial score (nSPS) is 14.7. The highest BCUT2D eigenvalue weighted by Crippen LogP contribution is 2.36. The first-order valence-corrected chi connectivity index (χ1v) is 5.73. The average molecular weight is 270 g/mol. The molecular formula is C11H12BrNO2. The molecule has 1 aliphatic rings. The molecule has 0 saturated heterocycles. The molecule has 0 aliphatic heterocycles. The number of rotatable bonds is 1. The summed E-state index contributed by atoms with van der Waals surface area (Å²) in [7, 11) is 0. The average Bonchev–Trinajstić information content (AvgIpc) is 2.19. The molecule has 1 aromatic rings. The molecule has 3 N–H and O–H groups in total. The summed E-state index contributed by atoms with van der Waals surface area (Å²) in [4.78, 5) is 11.3. The molecule has 3 nitrogen and oxygen atoms in total. The van der Waals surface area contributed by atoms with Crippen molar-refractivity contribution >= 4 is 21.8 Å². The van der Waals surface area contributed by atoms with Gasteiger partial charge in [-0.05, 0) is 58.8 Å². The third kappa shape index (κ3) is 1.74. The van der Waals surface area contributed by atoms with E-state index in [1.807, 2.05) is 6.07 Å². The molecule has 2 rings (SSSR count). The fourth-order valence-corrected chi connectivity index (χ4v) is 2.60. The van der Waals surface area contributed by atoms with Gasteiger partial charge in [0.15, 0.2) is 0 Å². The third-order valence-electron chi connectivity index (χ3n) is 2.82. The molecule has 1 aromatic carbocycles. The Bertz CT molecular complexity index is 429. The van der Waals surface area contributed by atoms with Crippen molar-refractivity contribution in [3.8, 4) is 5.75 Å². The number of phenols is 1. The highest BCUT2D eigenvalue weighted by molar-refractivity contribution is 9.10. The van der Waals surface area contributed by atoms with Crippen molar-refractivity contribution in [2.45, 2.75) is 25.7 Å². The number of hydrogen-bond donors (Lipinski definition) is 2. The van der Waals surface area contributed by atoms with Gasteiger partial charge in [0.05, 0.1) is 10.0 Å². The van der Waals surface area contributed by atoms with Gasteiger partial charge in [0.25, 0.3) is 5.91 Å². The Morgan fingerprint density at radius 1 is 1.40 bits per heavy atom. The number of amides is 1. The van der Waals surface area contributed by atoms with Crippen LogP contribution in [0, 0.1) is 0 Å². The van der Waals surface area contributed by atoms with Crippen molar-refractivity contribution in [3.63, 3.8) is 0 Å². The Labute approximate surface area is 96.4 Å². The SMILES string of the molecule is NC(=O)c1c(O)c(Br)cc2c1CCCC2. The van der Waals surface area contributed by atoms with Crippen LogP contribution in [0.1, 0.15) is 34.3 Å². The number of hydrogen-bond acceptors (Lipinski definition) is 2. The van der Waals surface area contributed by atoms with E-state index in [2.05, 4.69) is 15.9 Å². The number of aromatic hydroxyl groups is 1. The fourth-order valence-electron chi connectivity index (χ4n) is 2.12. The molecule has 0 spiro atoms. The van der Waals surface area contributed by atoms with Crippen molar-refractivity contribution < 1.29 is 9.90 Å². The third-order valence-corrected chi connectivity index (χ3v) is 3.43. The second-order valence-corrected chi connectivity index (χ2v) is 4.65. The predicted octanol–water partition coefficient (Wildman–Crippen LogP) is 2.13. The molecule has 1 aliphatic carbocycles. The maximum absolute atomic E-state index is 11.3. The molecule has 4 heteroatoms. The molecule has 0 atom stereocenters. The van der Waals surface area contributed by atoms with Gasteiger partial charge in [-0.25, -0.2) is 0 Å². The second kappa shape index (κ2) is 3.85. The van der Waals surface area contributed by atoms with Gasteiger partial charge in [-0.2, -0.15) is 0 Å². The van der Waals surface area contributed by atoms with E-state index < -0.39 is 5.91 Å². The molecule has 0 aromatic heterocycles. The fraction of sp³-hybridized carbons (Fsp3) is 0.364. The van der Waals surface area contributed by atoms with Gasteiger partial charge < -0.3 is 10.8 Å². The molecule has 0 fully saturated rings. The number of primary amides is 1. The van der Waals surface area contributed by atoms with Gasteiger partial charge in [0.1, 0.15) is 5.75 Å². The van der Waals surface area contributed by atoms with E-state index in [0.717, 1.165) is 36.8 Å². The summed E-state index contributed by atoms with van der Waals surface area (Å²) in [5, 5.41) is 9.78. The lowest BCUT2D eigenvalue weighted by atomic mass is 9.87. The smallest absolute Gasteiger partial charge is 0.252 e. The van der Waals surface area contributed by atoms with Gasteiger partial charge in [-0.15, -0.1) is 0 Å². The van der Waals surface area contributed by atoms with Gasteiger partial charge >= 0.3 is 0 Å². The summed E-state index contributed by atoms with van der Waals surface area (Å²) >= 11 is 3.24. The number of nitrogens with two attached hydrogens (primary N) is 1. The van der Waals surface area contributed by atoms with E-state index in [1.165, 1.54) is 0 Å². The van der Waals surface area contributed by atoms with E-state index in [1.54, 1.807) is 0 Å². The van der Waals surface area contributed by atoms with Gasteiger partial charge in [-0.3, -0.25) is 4.79 Å². The Balaban J connectivity index is 2.68. The quantitative estimate of drug-likeness (QED) is 0.821. The van der Waals surface area contributed by atoms with E-state index >= 15 is 0 Å². The van der Waals surface area contributed by atoms with Crippen LogP contribution < -0.4 is 5.73 Å². The zero-order valence-corrected chi connectivity index (χ0v) is 9.80. The monoisotopic (exact) mass is 269 g/mol. The van der Waals surface area contributed by atoms with Crippen molar-refractivity contribution in [1.82, 2.24) is 0 Å². The first kappa shape index (κ1) is 10.5. The van der Waals surface area contributed by atoms with Gasteiger partial charge in [-0.1, -0.05) is 0 Å². The summed E-state index contributed by atoms with van der Waals surface area (Å²) in [5.41, 5.74) is 7.63. The highest BCUT2D eigenvalue weighted by atomic mass is 79.9. The van der Waals surface area contributed by atoms with Crippen LogP contribution in [0.3, 0.4) is 0 Å². The Kier molecular flexibility index (Phi) is 2.69. The van der Waals surface area contributed by atoms with E-state index in [9.17, 15) is 9.90 Å². The summed E-state index contributed by atoms with van der Waals surface area (Å²) in [5.74, 6) is -0.574. The van der Waals surface area contributed by atoms with E-state index in [4.69, 9.17) is 5.73 Å². The maximum Gasteiger partial charge on any atom is 0.252 e. The van der Waals surface area contributed by atoms with Crippen LogP contribution in [0.5, 0.6) is 5.75 Å². The summed E-state index contributed by atoms with van der Waals surface area (Å²) < 4.78 is 0.553. The van der Waals surface area contributed by atoms with Crippen LogP contribution in [0.4, 0.5) is 0 Å². The summed E-state index contributed by atoms with van der Waals surface area (Å²) in [6, 6.07) is 1.89. The van der Waals surface area contributed by atoms with Crippen LogP contribution in [0.25, 0.3) is 0 Å². The minimum absolute atomic E-state index is 0.0249. The van der Waals surface area contributed by atoms with Crippen LogP contribution >= 0.6 is 15.9 Å². The molecule has 15 heavy (non-hydrogen) atoms. The second-order valence-electron chi connectivity index (χ2n) is 3.79. The molecule has 0 bridgehead atoms. The lowest BCUT2D eigenvalue weighted by molar-refractivity contribution is 0.0996. The minimum atomic E-state index is -0.549. The number of carbonyl (C=O) groups excluding carboxylic acids is 1. The first-order chi connectivity index (χ1) is 7.11. The van der Waals surface area contributed by atoms with E-state index in [0.29, 0.717) is 10.0 Å². The molecule has 0 radical (unpaired) electrons. The number of halogens is 1. The number of fused-ring (bicyclic) bond motifs is 1. The van der Waals surface area contributed by atoms with Crippen LogP contribution in [0.2, 0.25) is 0 Å². The number of benzene rings is 1. The zero-order chi connectivity index (χ0) is 11.0. The first-order valence-electron chi connectivity index (χ1n) is 4.94. The number of carbonyl (C=O) groups is 1. The van der Waals surface area contributed by atoms with Crippen molar-refractivity contribution in [2.75, 3.05) is 0 Å². The summed E-state index contributed by atoms with van der Waals surface area (Å²) in [6.07, 6.45) is 3.96. The number of aryl methyl sites for hydroxylation is 1. The Hall–Kier alpha value is -1.03. The van der Waals surface area contributed by atoms with E-state index in [-0.39, 0.29) is 5.75 Å². The molecule has 0 unspecified atom stereocenters. The Morgan fingerprint density at radius 3 is 2.73 bits per heavy atom. The molecule has 80 valence electrons. The molecule has 0 heterocycles. The summed E-state index contributed by atoms with van der Waals surface area (Å²) in [6.45, 7) is 0. The zero-order valence-electron chi connectivity index (χ0n) is 8.22. The van der Waals surface area contributed by atoms with Crippen LogP contribution in [-0.4, -0.2) is 11.0 Å². The largest absolute Gasteiger partial charge is 0.506 e. The lowest BCUT2D eigenvalue weighted by Crippen LogP contribution is -2.17. The topological polar surface area (TPSA) is 63.3 Å². The Morgan fingerprint density at radius 2 is 2.07 bits per heavy atom.